The lowest BCUT2D eigenvalue weighted by Gasteiger charge is -2.22. The number of hydrogen-bond donors (Lipinski definition) is 0. The molecule has 1 rings (SSSR count). The molecule has 0 fully saturated rings. The lowest BCUT2D eigenvalue weighted by molar-refractivity contribution is -0.671. The Balaban J connectivity index is 2.78. The Labute approximate surface area is 98.0 Å². The molecule has 0 aromatic carbocycles. The van der Waals surface area contributed by atoms with Crippen LogP contribution in [0.25, 0.3) is 0 Å². The molecule has 0 amide bonds. The van der Waals surface area contributed by atoms with Crippen molar-refractivity contribution >= 4 is 0 Å². The highest BCUT2D eigenvalue weighted by atomic mass is 16.7. The Bertz CT molecular complexity index is 296. The van der Waals surface area contributed by atoms with Crippen LogP contribution in [0.3, 0.4) is 0 Å². The fraction of sp³-hybridized carbons (Fsp3) is 0.615. The second-order valence-electron chi connectivity index (χ2n) is 4.50. The topological polar surface area (TPSA) is 22.3 Å². The van der Waals surface area contributed by atoms with E-state index < -0.39 is 0 Å². The standard InChI is InChI=1S/C13H22NO2/c1-10(2)15-13(16-11(3)4)12-6-8-14(5)9-7-12/h6-11,13H,1-5H3/q+1. The summed E-state index contributed by atoms with van der Waals surface area (Å²) >= 11 is 0. The molecule has 0 spiro atoms. The number of nitrogens with zero attached hydrogens (tertiary/aromatic N) is 1. The molecule has 0 saturated carbocycles. The van der Waals surface area contributed by atoms with Gasteiger partial charge in [0.1, 0.15) is 7.05 Å². The third-order valence-corrected chi connectivity index (χ3v) is 2.07. The van der Waals surface area contributed by atoms with E-state index in [1.165, 1.54) is 0 Å². The Hall–Kier alpha value is -0.930. The maximum Gasteiger partial charge on any atom is 0.184 e. The predicted molar refractivity (Wildman–Crippen MR) is 62.8 cm³/mol. The first kappa shape index (κ1) is 13.1. The van der Waals surface area contributed by atoms with Gasteiger partial charge in [-0.1, -0.05) is 0 Å². The van der Waals surface area contributed by atoms with E-state index >= 15 is 0 Å². The highest BCUT2D eigenvalue weighted by Gasteiger charge is 2.16. The normalized spacial score (nSPS) is 11.8. The van der Waals surface area contributed by atoms with Crippen LogP contribution in [0.4, 0.5) is 0 Å². The quantitative estimate of drug-likeness (QED) is 0.566. The third kappa shape index (κ3) is 4.29. The van der Waals surface area contributed by atoms with Crippen LogP contribution in [0.15, 0.2) is 24.5 Å². The molecule has 0 aliphatic carbocycles. The number of ether oxygens (including phenoxy) is 2. The van der Waals surface area contributed by atoms with Crippen molar-refractivity contribution in [3.05, 3.63) is 30.1 Å². The first-order chi connectivity index (χ1) is 7.49. The van der Waals surface area contributed by atoms with Crippen molar-refractivity contribution in [2.45, 2.75) is 46.2 Å². The van der Waals surface area contributed by atoms with Crippen LogP contribution >= 0.6 is 0 Å². The first-order valence-electron chi connectivity index (χ1n) is 5.75. The summed E-state index contributed by atoms with van der Waals surface area (Å²) in [5.41, 5.74) is 1.06. The summed E-state index contributed by atoms with van der Waals surface area (Å²) in [6, 6.07) is 4.05. The summed E-state index contributed by atoms with van der Waals surface area (Å²) in [7, 11) is 1.99. The van der Waals surface area contributed by atoms with Gasteiger partial charge < -0.3 is 9.47 Å². The maximum absolute atomic E-state index is 5.76. The van der Waals surface area contributed by atoms with Gasteiger partial charge in [-0.05, 0) is 27.7 Å². The Morgan fingerprint density at radius 1 is 0.938 bits per heavy atom. The lowest BCUT2D eigenvalue weighted by atomic mass is 10.2. The second-order valence-corrected chi connectivity index (χ2v) is 4.50. The molecule has 0 bridgehead atoms. The Morgan fingerprint density at radius 2 is 1.38 bits per heavy atom. The first-order valence-corrected chi connectivity index (χ1v) is 5.75. The van der Waals surface area contributed by atoms with E-state index in [-0.39, 0.29) is 18.5 Å². The molecule has 16 heavy (non-hydrogen) atoms. The van der Waals surface area contributed by atoms with Gasteiger partial charge in [-0.25, -0.2) is 4.57 Å². The summed E-state index contributed by atoms with van der Waals surface area (Å²) < 4.78 is 13.5. The summed E-state index contributed by atoms with van der Waals surface area (Å²) in [5, 5.41) is 0. The molecular formula is C13H22NO2+. The number of hydrogen-bond acceptors (Lipinski definition) is 2. The SMILES string of the molecule is CC(C)OC(OC(C)C)c1cc[n+](C)cc1. The maximum atomic E-state index is 5.76. The number of rotatable bonds is 5. The van der Waals surface area contributed by atoms with Crippen LogP contribution in [0, 0.1) is 0 Å². The van der Waals surface area contributed by atoms with E-state index in [4.69, 9.17) is 9.47 Å². The number of pyridine rings is 1. The van der Waals surface area contributed by atoms with E-state index in [9.17, 15) is 0 Å². The van der Waals surface area contributed by atoms with Crippen LogP contribution in [-0.2, 0) is 16.5 Å². The zero-order valence-electron chi connectivity index (χ0n) is 10.8. The second kappa shape index (κ2) is 5.97. The van der Waals surface area contributed by atoms with E-state index in [2.05, 4.69) is 0 Å². The van der Waals surface area contributed by atoms with Crippen molar-refractivity contribution in [2.75, 3.05) is 0 Å². The van der Waals surface area contributed by atoms with Crippen LogP contribution in [0.1, 0.15) is 39.5 Å². The summed E-state index contributed by atoms with van der Waals surface area (Å²) in [6.07, 6.45) is 4.02. The van der Waals surface area contributed by atoms with Crippen molar-refractivity contribution in [2.24, 2.45) is 7.05 Å². The zero-order valence-corrected chi connectivity index (χ0v) is 10.8. The fourth-order valence-corrected chi connectivity index (χ4v) is 1.35. The summed E-state index contributed by atoms with van der Waals surface area (Å²) in [6.45, 7) is 8.05. The minimum atomic E-state index is -0.277. The van der Waals surface area contributed by atoms with Crippen LogP contribution < -0.4 is 4.57 Å². The monoisotopic (exact) mass is 224 g/mol. The van der Waals surface area contributed by atoms with Crippen molar-refractivity contribution in [3.8, 4) is 0 Å². The lowest BCUT2D eigenvalue weighted by Crippen LogP contribution is -2.27. The Morgan fingerprint density at radius 3 is 1.75 bits per heavy atom. The van der Waals surface area contributed by atoms with E-state index in [1.807, 2.05) is 63.8 Å². The smallest absolute Gasteiger partial charge is 0.184 e. The molecule has 3 heteroatoms. The molecule has 0 atom stereocenters. The fourth-order valence-electron chi connectivity index (χ4n) is 1.35. The predicted octanol–water partition coefficient (Wildman–Crippen LogP) is 2.36. The average molecular weight is 224 g/mol. The van der Waals surface area contributed by atoms with Crippen LogP contribution in [0.5, 0.6) is 0 Å². The zero-order chi connectivity index (χ0) is 12.1. The van der Waals surface area contributed by atoms with Gasteiger partial charge in [0.05, 0.1) is 12.2 Å². The van der Waals surface area contributed by atoms with Gasteiger partial charge in [0.25, 0.3) is 0 Å². The summed E-state index contributed by atoms with van der Waals surface area (Å²) in [5.74, 6) is 0. The van der Waals surface area contributed by atoms with Gasteiger partial charge in [0.15, 0.2) is 18.7 Å². The molecule has 1 heterocycles. The highest BCUT2D eigenvalue weighted by molar-refractivity contribution is 5.09. The molecule has 0 aliphatic heterocycles. The van der Waals surface area contributed by atoms with Gasteiger partial charge in [0, 0.05) is 17.7 Å². The average Bonchev–Trinajstić information content (AvgIpc) is 2.16. The van der Waals surface area contributed by atoms with Gasteiger partial charge >= 0.3 is 0 Å². The third-order valence-electron chi connectivity index (χ3n) is 2.07. The molecule has 1 aromatic rings. The van der Waals surface area contributed by atoms with Crippen LogP contribution in [-0.4, -0.2) is 12.2 Å². The molecule has 0 unspecified atom stereocenters. The molecule has 90 valence electrons. The minimum absolute atomic E-state index is 0.151. The molecule has 0 aliphatic rings. The van der Waals surface area contributed by atoms with Crippen molar-refractivity contribution in [1.82, 2.24) is 0 Å². The molecule has 0 radical (unpaired) electrons. The van der Waals surface area contributed by atoms with Crippen molar-refractivity contribution in [3.63, 3.8) is 0 Å². The summed E-state index contributed by atoms with van der Waals surface area (Å²) in [4.78, 5) is 0. The minimum Gasteiger partial charge on any atom is -0.346 e. The molecule has 3 nitrogen and oxygen atoms in total. The van der Waals surface area contributed by atoms with E-state index in [0.717, 1.165) is 5.56 Å². The molecule has 0 N–H and O–H groups in total. The largest absolute Gasteiger partial charge is 0.346 e. The van der Waals surface area contributed by atoms with Gasteiger partial charge in [0.2, 0.25) is 0 Å². The molecule has 0 saturated heterocycles. The van der Waals surface area contributed by atoms with Crippen LogP contribution in [0.2, 0.25) is 0 Å². The molecule has 1 aromatic heterocycles. The van der Waals surface area contributed by atoms with Crippen molar-refractivity contribution < 1.29 is 14.0 Å². The number of aryl methyl sites for hydroxylation is 1. The van der Waals surface area contributed by atoms with E-state index in [0.29, 0.717) is 0 Å². The number of aromatic nitrogens is 1. The highest BCUT2D eigenvalue weighted by Crippen LogP contribution is 2.21. The van der Waals surface area contributed by atoms with Gasteiger partial charge in [-0.3, -0.25) is 0 Å². The van der Waals surface area contributed by atoms with E-state index in [1.54, 1.807) is 0 Å². The van der Waals surface area contributed by atoms with Gasteiger partial charge in [-0.2, -0.15) is 0 Å². The van der Waals surface area contributed by atoms with Gasteiger partial charge in [-0.15, -0.1) is 0 Å². The molecular weight excluding hydrogens is 202 g/mol. The Kier molecular flexibility index (Phi) is 4.90. The van der Waals surface area contributed by atoms with Crippen molar-refractivity contribution in [1.29, 1.82) is 0 Å².